The number of nitrogens with one attached hydrogen (secondary N) is 3. The number of hydrogen-bond acceptors (Lipinski definition) is 7. The van der Waals surface area contributed by atoms with E-state index in [0.717, 1.165) is 28.5 Å². The van der Waals surface area contributed by atoms with Gasteiger partial charge in [0.1, 0.15) is 11.2 Å². The van der Waals surface area contributed by atoms with Crippen LogP contribution in [0, 0.1) is 5.41 Å². The lowest BCUT2D eigenvalue weighted by Gasteiger charge is -2.15. The van der Waals surface area contributed by atoms with Crippen molar-refractivity contribution in [2.75, 3.05) is 12.8 Å². The van der Waals surface area contributed by atoms with Crippen LogP contribution in [0.5, 0.6) is 0 Å². The first-order valence-electron chi connectivity index (χ1n) is 10.1. The fourth-order valence-corrected chi connectivity index (χ4v) is 4.10. The molecule has 4 rings (SSSR count). The van der Waals surface area contributed by atoms with Gasteiger partial charge in [0.05, 0.1) is 11.1 Å². The first-order valence-corrected chi connectivity index (χ1v) is 11.1. The number of imide groups is 1. The Bertz CT molecular complexity index is 1390. The molecule has 0 aliphatic heterocycles. The summed E-state index contributed by atoms with van der Waals surface area (Å²) in [4.78, 5) is 27.9. The number of benzene rings is 2. The average Bonchev–Trinajstić information content (AvgIpc) is 2.85. The Balaban J connectivity index is 1.84. The Kier molecular flexibility index (Phi) is 6.45. The van der Waals surface area contributed by atoms with E-state index in [0.29, 0.717) is 21.9 Å². The number of urea groups is 1. The second-order valence-corrected chi connectivity index (χ2v) is 8.01. The molecule has 0 radical (unpaired) electrons. The van der Waals surface area contributed by atoms with Gasteiger partial charge in [0, 0.05) is 25.2 Å². The Morgan fingerprint density at radius 2 is 1.64 bits per heavy atom. The van der Waals surface area contributed by atoms with Crippen molar-refractivity contribution in [3.8, 4) is 22.4 Å². The summed E-state index contributed by atoms with van der Waals surface area (Å²) in [6, 6.07) is 18.8. The first kappa shape index (κ1) is 22.2. The van der Waals surface area contributed by atoms with Gasteiger partial charge in [-0.2, -0.15) is 0 Å². The molecule has 9 nitrogen and oxygen atoms in total. The molecule has 0 atom stereocenters. The summed E-state index contributed by atoms with van der Waals surface area (Å²) >= 11 is 1.11. The molecule has 0 fully saturated rings. The van der Waals surface area contributed by atoms with Crippen molar-refractivity contribution in [2.24, 2.45) is 7.05 Å². The third-order valence-electron chi connectivity index (χ3n) is 4.94. The molecule has 33 heavy (non-hydrogen) atoms. The summed E-state index contributed by atoms with van der Waals surface area (Å²) in [6.45, 7) is 0. The maximum absolute atomic E-state index is 12.0. The lowest BCUT2D eigenvalue weighted by Crippen LogP contribution is -2.38. The summed E-state index contributed by atoms with van der Waals surface area (Å²) in [6.07, 6.45) is 0. The third kappa shape index (κ3) is 4.60. The zero-order valence-electron chi connectivity index (χ0n) is 18.0. The molecule has 3 amide bonds. The molecule has 166 valence electrons. The molecule has 2 aromatic heterocycles. The van der Waals surface area contributed by atoms with Crippen LogP contribution in [-0.2, 0) is 11.8 Å². The molecule has 2 aromatic carbocycles. The Labute approximate surface area is 193 Å². The summed E-state index contributed by atoms with van der Waals surface area (Å²) in [5.74, 6) is -0.511. The summed E-state index contributed by atoms with van der Waals surface area (Å²) in [5.41, 5.74) is 3.73. The smallest absolute Gasteiger partial charge is 0.321 e. The van der Waals surface area contributed by atoms with Gasteiger partial charge in [0.25, 0.3) is 0 Å². The Morgan fingerprint density at radius 1 is 1.00 bits per heavy atom. The van der Waals surface area contributed by atoms with Crippen LogP contribution < -0.4 is 16.1 Å². The highest BCUT2D eigenvalue weighted by molar-refractivity contribution is 7.99. The number of fused-ring (bicyclic) bond motifs is 1. The number of amides is 3. The van der Waals surface area contributed by atoms with Crippen LogP contribution in [0.25, 0.3) is 33.4 Å². The molecule has 0 saturated carbocycles. The molecule has 10 heteroatoms. The second-order valence-electron chi connectivity index (χ2n) is 7.07. The lowest BCUT2D eigenvalue weighted by atomic mass is 9.97. The SMILES string of the molecule is CNC(=O)NC(=O)CSc1nc2nnc(-c3ccccc3)c(-c3ccccc3)c2c(=N)n1C. The highest BCUT2D eigenvalue weighted by Crippen LogP contribution is 2.34. The molecule has 0 aliphatic rings. The quantitative estimate of drug-likeness (QED) is 0.311. The predicted molar refractivity (Wildman–Crippen MR) is 126 cm³/mol. The van der Waals surface area contributed by atoms with E-state index in [1.807, 2.05) is 60.7 Å². The van der Waals surface area contributed by atoms with Crippen molar-refractivity contribution in [2.45, 2.75) is 5.16 Å². The van der Waals surface area contributed by atoms with E-state index in [2.05, 4.69) is 25.8 Å². The van der Waals surface area contributed by atoms with Crippen LogP contribution in [0.2, 0.25) is 0 Å². The minimum atomic E-state index is -0.579. The number of nitrogens with zero attached hydrogens (tertiary/aromatic N) is 4. The Morgan fingerprint density at radius 3 is 2.27 bits per heavy atom. The maximum Gasteiger partial charge on any atom is 0.321 e. The zero-order chi connectivity index (χ0) is 23.4. The van der Waals surface area contributed by atoms with E-state index < -0.39 is 11.9 Å². The normalized spacial score (nSPS) is 10.7. The van der Waals surface area contributed by atoms with Crippen LogP contribution in [-0.4, -0.2) is 44.5 Å². The van der Waals surface area contributed by atoms with E-state index in [-0.39, 0.29) is 11.2 Å². The zero-order valence-corrected chi connectivity index (χ0v) is 18.8. The molecule has 0 saturated heterocycles. The molecule has 3 N–H and O–H groups in total. The van der Waals surface area contributed by atoms with Crippen LogP contribution in [0.4, 0.5) is 4.79 Å². The second kappa shape index (κ2) is 9.61. The van der Waals surface area contributed by atoms with Gasteiger partial charge in [-0.3, -0.25) is 15.5 Å². The van der Waals surface area contributed by atoms with Crippen LogP contribution in [0.1, 0.15) is 0 Å². The summed E-state index contributed by atoms with van der Waals surface area (Å²) < 4.78 is 1.60. The molecule has 2 heterocycles. The number of aromatic nitrogens is 4. The number of carbonyl (C=O) groups is 2. The number of hydrogen-bond donors (Lipinski definition) is 3. The lowest BCUT2D eigenvalue weighted by molar-refractivity contribution is -0.117. The molecule has 0 bridgehead atoms. The van der Waals surface area contributed by atoms with Gasteiger partial charge in [-0.15, -0.1) is 10.2 Å². The fourth-order valence-electron chi connectivity index (χ4n) is 3.33. The minimum absolute atomic E-state index is 0.0414. The van der Waals surface area contributed by atoms with Crippen molar-refractivity contribution < 1.29 is 9.59 Å². The van der Waals surface area contributed by atoms with Crippen molar-refractivity contribution in [1.29, 1.82) is 5.41 Å². The van der Waals surface area contributed by atoms with E-state index in [1.54, 1.807) is 11.6 Å². The van der Waals surface area contributed by atoms with Crippen molar-refractivity contribution >= 4 is 34.7 Å². The van der Waals surface area contributed by atoms with Gasteiger partial charge in [0.15, 0.2) is 10.8 Å². The number of carbonyl (C=O) groups excluding carboxylic acids is 2. The van der Waals surface area contributed by atoms with E-state index in [9.17, 15) is 9.59 Å². The van der Waals surface area contributed by atoms with Gasteiger partial charge in [0.2, 0.25) is 5.91 Å². The van der Waals surface area contributed by atoms with Crippen molar-refractivity contribution in [1.82, 2.24) is 30.4 Å². The van der Waals surface area contributed by atoms with Gasteiger partial charge >= 0.3 is 6.03 Å². The topological polar surface area (TPSA) is 126 Å². The highest BCUT2D eigenvalue weighted by Gasteiger charge is 2.19. The maximum atomic E-state index is 12.0. The molecular formula is C23H21N7O2S. The fraction of sp³-hybridized carbons (Fsp3) is 0.130. The molecule has 0 spiro atoms. The van der Waals surface area contributed by atoms with Crippen molar-refractivity contribution in [3.63, 3.8) is 0 Å². The molecular weight excluding hydrogens is 438 g/mol. The monoisotopic (exact) mass is 459 g/mol. The molecule has 4 aromatic rings. The summed E-state index contributed by atoms with van der Waals surface area (Å²) in [5, 5.41) is 23.2. The van der Waals surface area contributed by atoms with E-state index in [4.69, 9.17) is 5.41 Å². The predicted octanol–water partition coefficient (Wildman–Crippen LogP) is 2.72. The summed E-state index contributed by atoms with van der Waals surface area (Å²) in [7, 11) is 3.14. The Hall–Kier alpha value is -4.05. The first-order chi connectivity index (χ1) is 16.0. The average molecular weight is 460 g/mol. The third-order valence-corrected chi connectivity index (χ3v) is 5.97. The van der Waals surface area contributed by atoms with Gasteiger partial charge in [-0.05, 0) is 5.56 Å². The largest absolute Gasteiger partial charge is 0.341 e. The molecule has 0 aliphatic carbocycles. The standard InChI is InChI=1S/C23H21N7O2S/c1-25-22(32)26-16(31)13-33-23-27-21-18(20(24)30(23)2)17(14-9-5-3-6-10-14)19(28-29-21)15-11-7-4-8-12-15/h3-12,24H,13H2,1-2H3,(H2,25,26,31,32). The van der Waals surface area contributed by atoms with E-state index in [1.165, 1.54) is 7.05 Å². The highest BCUT2D eigenvalue weighted by atomic mass is 32.2. The van der Waals surface area contributed by atoms with Gasteiger partial charge in [-0.1, -0.05) is 72.4 Å². The van der Waals surface area contributed by atoms with Crippen LogP contribution in [0.15, 0.2) is 65.8 Å². The van der Waals surface area contributed by atoms with Crippen molar-refractivity contribution in [3.05, 3.63) is 66.2 Å². The number of thioether (sulfide) groups is 1. The van der Waals surface area contributed by atoms with Crippen LogP contribution in [0.3, 0.4) is 0 Å². The molecule has 0 unspecified atom stereocenters. The van der Waals surface area contributed by atoms with Gasteiger partial charge < -0.3 is 9.88 Å². The van der Waals surface area contributed by atoms with Gasteiger partial charge in [-0.25, -0.2) is 9.78 Å². The van der Waals surface area contributed by atoms with E-state index >= 15 is 0 Å². The minimum Gasteiger partial charge on any atom is -0.341 e. The number of rotatable bonds is 5. The van der Waals surface area contributed by atoms with Crippen LogP contribution >= 0.6 is 11.8 Å².